The normalized spacial score (nSPS) is 17.5. The molecule has 1 aliphatic rings. The number of benzene rings is 1. The standard InChI is InChI=1S/C16H26N2O2S/c1-4-16(10-7-11-16)18-21(19,20)15-9-6-8-14(13(15)3)12-17-5-2/h6,8-9,17-18H,4-5,7,10-12H2,1-3H3. The van der Waals surface area contributed by atoms with Crippen LogP contribution in [0.5, 0.6) is 0 Å². The van der Waals surface area contributed by atoms with Crippen LogP contribution in [0.2, 0.25) is 0 Å². The van der Waals surface area contributed by atoms with Crippen LogP contribution in [-0.2, 0) is 16.6 Å². The topological polar surface area (TPSA) is 58.2 Å². The second-order valence-electron chi connectivity index (χ2n) is 5.91. The molecule has 5 heteroatoms. The maximum atomic E-state index is 12.7. The minimum absolute atomic E-state index is 0.219. The molecule has 4 nitrogen and oxygen atoms in total. The molecule has 21 heavy (non-hydrogen) atoms. The van der Waals surface area contributed by atoms with Gasteiger partial charge in [-0.25, -0.2) is 13.1 Å². The summed E-state index contributed by atoms with van der Waals surface area (Å²) in [5.41, 5.74) is 1.67. The molecule has 1 fully saturated rings. The fourth-order valence-electron chi connectivity index (χ4n) is 2.87. The molecule has 0 radical (unpaired) electrons. The molecule has 0 heterocycles. The van der Waals surface area contributed by atoms with Crippen LogP contribution in [0, 0.1) is 6.92 Å². The zero-order valence-electron chi connectivity index (χ0n) is 13.2. The summed E-state index contributed by atoms with van der Waals surface area (Å²) in [5.74, 6) is 0. The second kappa shape index (κ2) is 6.46. The summed E-state index contributed by atoms with van der Waals surface area (Å²) in [7, 11) is -3.45. The van der Waals surface area contributed by atoms with Gasteiger partial charge in [0.25, 0.3) is 0 Å². The Kier molecular flexibility index (Phi) is 5.07. The molecule has 0 bridgehead atoms. The second-order valence-corrected chi connectivity index (χ2v) is 7.56. The van der Waals surface area contributed by atoms with Gasteiger partial charge in [-0.3, -0.25) is 0 Å². The molecule has 0 spiro atoms. The Hall–Kier alpha value is -0.910. The fourth-order valence-corrected chi connectivity index (χ4v) is 4.69. The Morgan fingerprint density at radius 2 is 1.95 bits per heavy atom. The quantitative estimate of drug-likeness (QED) is 0.814. The highest BCUT2D eigenvalue weighted by molar-refractivity contribution is 7.89. The number of nitrogens with one attached hydrogen (secondary N) is 2. The van der Waals surface area contributed by atoms with Crippen molar-refractivity contribution in [2.45, 2.75) is 63.4 Å². The van der Waals surface area contributed by atoms with Gasteiger partial charge in [-0.2, -0.15) is 0 Å². The predicted octanol–water partition coefficient (Wildman–Crippen LogP) is 2.72. The van der Waals surface area contributed by atoms with Crippen LogP contribution in [0.4, 0.5) is 0 Å². The smallest absolute Gasteiger partial charge is 0.241 e. The summed E-state index contributed by atoms with van der Waals surface area (Å²) in [6, 6.07) is 5.51. The summed E-state index contributed by atoms with van der Waals surface area (Å²) in [5, 5.41) is 3.25. The fraction of sp³-hybridized carbons (Fsp3) is 0.625. The van der Waals surface area contributed by atoms with Crippen molar-refractivity contribution in [2.24, 2.45) is 0 Å². The average molecular weight is 310 g/mol. The maximum absolute atomic E-state index is 12.7. The van der Waals surface area contributed by atoms with Crippen molar-refractivity contribution in [1.82, 2.24) is 10.0 Å². The Labute approximate surface area is 128 Å². The lowest BCUT2D eigenvalue weighted by atomic mass is 9.76. The molecule has 0 amide bonds. The monoisotopic (exact) mass is 310 g/mol. The van der Waals surface area contributed by atoms with E-state index in [-0.39, 0.29) is 5.54 Å². The van der Waals surface area contributed by atoms with Crippen molar-refractivity contribution in [3.05, 3.63) is 29.3 Å². The molecule has 1 aliphatic carbocycles. The molecule has 1 aromatic carbocycles. The van der Waals surface area contributed by atoms with Crippen molar-refractivity contribution in [3.63, 3.8) is 0 Å². The van der Waals surface area contributed by atoms with Crippen molar-refractivity contribution in [2.75, 3.05) is 6.54 Å². The summed E-state index contributed by atoms with van der Waals surface area (Å²) >= 11 is 0. The zero-order chi connectivity index (χ0) is 15.5. The van der Waals surface area contributed by atoms with Crippen LogP contribution in [0.1, 0.15) is 50.7 Å². The number of sulfonamides is 1. The lowest BCUT2D eigenvalue weighted by Gasteiger charge is -2.41. The third-order valence-electron chi connectivity index (χ3n) is 4.59. The number of hydrogen-bond acceptors (Lipinski definition) is 3. The van der Waals surface area contributed by atoms with Crippen LogP contribution in [0.25, 0.3) is 0 Å². The van der Waals surface area contributed by atoms with Gasteiger partial charge in [0.15, 0.2) is 0 Å². The molecular weight excluding hydrogens is 284 g/mol. The van der Waals surface area contributed by atoms with E-state index in [0.717, 1.165) is 43.4 Å². The van der Waals surface area contributed by atoms with Gasteiger partial charge in [-0.15, -0.1) is 0 Å². The van der Waals surface area contributed by atoms with Crippen molar-refractivity contribution < 1.29 is 8.42 Å². The van der Waals surface area contributed by atoms with E-state index >= 15 is 0 Å². The van der Waals surface area contributed by atoms with Gasteiger partial charge in [-0.1, -0.05) is 26.0 Å². The summed E-state index contributed by atoms with van der Waals surface area (Å²) in [4.78, 5) is 0.414. The Morgan fingerprint density at radius 3 is 2.48 bits per heavy atom. The third-order valence-corrected chi connectivity index (χ3v) is 6.31. The minimum atomic E-state index is -3.45. The van der Waals surface area contributed by atoms with Gasteiger partial charge in [0.2, 0.25) is 10.0 Å². The van der Waals surface area contributed by atoms with Crippen molar-refractivity contribution >= 4 is 10.0 Å². The van der Waals surface area contributed by atoms with Gasteiger partial charge in [0.1, 0.15) is 0 Å². The van der Waals surface area contributed by atoms with Crippen molar-refractivity contribution in [1.29, 1.82) is 0 Å². The van der Waals surface area contributed by atoms with Gasteiger partial charge in [0.05, 0.1) is 4.90 Å². The maximum Gasteiger partial charge on any atom is 0.241 e. The van der Waals surface area contributed by atoms with Crippen LogP contribution < -0.4 is 10.0 Å². The largest absolute Gasteiger partial charge is 0.313 e. The molecule has 0 saturated heterocycles. The summed E-state index contributed by atoms with van der Waals surface area (Å²) in [6.07, 6.45) is 3.84. The highest BCUT2D eigenvalue weighted by Gasteiger charge is 2.39. The molecular formula is C16H26N2O2S. The first-order valence-corrected chi connectivity index (χ1v) is 9.25. The Morgan fingerprint density at radius 1 is 1.24 bits per heavy atom. The van der Waals surface area contributed by atoms with Gasteiger partial charge in [0, 0.05) is 12.1 Å². The summed E-state index contributed by atoms with van der Waals surface area (Å²) < 4.78 is 28.4. The molecule has 2 rings (SSSR count). The van der Waals surface area contributed by atoms with Gasteiger partial charge >= 0.3 is 0 Å². The van der Waals surface area contributed by atoms with Crippen molar-refractivity contribution in [3.8, 4) is 0 Å². The van der Waals surface area contributed by atoms with E-state index in [2.05, 4.69) is 17.0 Å². The van der Waals surface area contributed by atoms with E-state index in [4.69, 9.17) is 0 Å². The first-order valence-electron chi connectivity index (χ1n) is 7.77. The number of hydrogen-bond donors (Lipinski definition) is 2. The van der Waals surface area contributed by atoms with E-state index in [0.29, 0.717) is 11.4 Å². The highest BCUT2D eigenvalue weighted by Crippen LogP contribution is 2.36. The van der Waals surface area contributed by atoms with E-state index in [1.807, 2.05) is 26.0 Å². The third kappa shape index (κ3) is 3.47. The van der Waals surface area contributed by atoms with Gasteiger partial charge < -0.3 is 5.32 Å². The van der Waals surface area contributed by atoms with Crippen LogP contribution in [0.15, 0.2) is 23.1 Å². The molecule has 2 N–H and O–H groups in total. The first-order chi connectivity index (χ1) is 9.94. The minimum Gasteiger partial charge on any atom is -0.313 e. The molecule has 0 unspecified atom stereocenters. The molecule has 0 atom stereocenters. The lowest BCUT2D eigenvalue weighted by Crippen LogP contribution is -2.52. The van der Waals surface area contributed by atoms with Gasteiger partial charge in [-0.05, 0) is 56.3 Å². The molecule has 0 aromatic heterocycles. The van der Waals surface area contributed by atoms with E-state index in [1.54, 1.807) is 6.07 Å². The van der Waals surface area contributed by atoms with Crippen LogP contribution in [-0.4, -0.2) is 20.5 Å². The number of rotatable bonds is 7. The highest BCUT2D eigenvalue weighted by atomic mass is 32.2. The lowest BCUT2D eigenvalue weighted by molar-refractivity contribution is 0.214. The van der Waals surface area contributed by atoms with E-state index < -0.39 is 10.0 Å². The van der Waals surface area contributed by atoms with E-state index in [9.17, 15) is 8.42 Å². The molecule has 1 aromatic rings. The predicted molar refractivity (Wildman–Crippen MR) is 85.8 cm³/mol. The Bertz CT molecular complexity index is 587. The van der Waals surface area contributed by atoms with Crippen LogP contribution in [0.3, 0.4) is 0 Å². The molecule has 118 valence electrons. The van der Waals surface area contributed by atoms with Crippen LogP contribution >= 0.6 is 0 Å². The SMILES string of the molecule is CCNCc1cccc(S(=O)(=O)NC2(CC)CCC2)c1C. The Balaban J connectivity index is 2.27. The first kappa shape index (κ1) is 16.5. The zero-order valence-corrected chi connectivity index (χ0v) is 14.0. The molecule has 1 saturated carbocycles. The average Bonchev–Trinajstić information content (AvgIpc) is 2.41. The van der Waals surface area contributed by atoms with E-state index in [1.165, 1.54) is 0 Å². The summed E-state index contributed by atoms with van der Waals surface area (Å²) in [6.45, 7) is 7.55. The molecule has 0 aliphatic heterocycles.